The molecule has 2 aromatic heterocycles. The number of benzene rings is 1. The van der Waals surface area contributed by atoms with Crippen LogP contribution in [0.3, 0.4) is 0 Å². The molecule has 0 saturated carbocycles. The third-order valence-electron chi connectivity index (χ3n) is 3.82. The number of hydrogen-bond donors (Lipinski definition) is 1. The Hall–Kier alpha value is -2.21. The molecule has 0 aliphatic carbocycles. The number of aromatic nitrogens is 4. The lowest BCUT2D eigenvalue weighted by molar-refractivity contribution is 0.634. The zero-order valence-electron chi connectivity index (χ0n) is 12.7. The van der Waals surface area contributed by atoms with Crippen molar-refractivity contribution in [2.45, 2.75) is 33.4 Å². The van der Waals surface area contributed by atoms with Crippen LogP contribution in [0.4, 0.5) is 0 Å². The van der Waals surface area contributed by atoms with Gasteiger partial charge < -0.3 is 4.98 Å². The molecule has 0 spiro atoms. The fourth-order valence-corrected chi connectivity index (χ4v) is 2.94. The van der Waals surface area contributed by atoms with E-state index in [-0.39, 0.29) is 5.56 Å². The minimum Gasteiger partial charge on any atom is -0.329 e. The molecule has 6 heteroatoms. The van der Waals surface area contributed by atoms with Gasteiger partial charge in [0.2, 0.25) is 0 Å². The van der Waals surface area contributed by atoms with Gasteiger partial charge in [-0.05, 0) is 38.0 Å². The number of nitrogens with zero attached hydrogens (tertiary/aromatic N) is 3. The van der Waals surface area contributed by atoms with Gasteiger partial charge in [-0.2, -0.15) is 5.10 Å². The summed E-state index contributed by atoms with van der Waals surface area (Å²) < 4.78 is 3.81. The minimum atomic E-state index is -0.0721. The first-order valence-electron chi connectivity index (χ1n) is 7.36. The van der Waals surface area contributed by atoms with E-state index in [1.165, 1.54) is 5.56 Å². The van der Waals surface area contributed by atoms with E-state index in [0.717, 1.165) is 17.6 Å². The molecule has 0 unspecified atom stereocenters. The number of rotatable bonds is 4. The monoisotopic (exact) mass is 314 g/mol. The Morgan fingerprint density at radius 2 is 2.00 bits per heavy atom. The van der Waals surface area contributed by atoms with Crippen LogP contribution >= 0.6 is 12.2 Å². The molecule has 0 bridgehead atoms. The Morgan fingerprint density at radius 1 is 1.27 bits per heavy atom. The summed E-state index contributed by atoms with van der Waals surface area (Å²) in [5.41, 5.74) is 3.26. The highest BCUT2D eigenvalue weighted by molar-refractivity contribution is 7.71. The van der Waals surface area contributed by atoms with Crippen molar-refractivity contribution in [3.05, 3.63) is 56.7 Å². The van der Waals surface area contributed by atoms with Crippen molar-refractivity contribution in [1.82, 2.24) is 19.3 Å². The van der Waals surface area contributed by atoms with Gasteiger partial charge >= 0.3 is 0 Å². The van der Waals surface area contributed by atoms with Crippen LogP contribution in [0.5, 0.6) is 0 Å². The van der Waals surface area contributed by atoms with Crippen molar-refractivity contribution in [1.29, 1.82) is 0 Å². The Bertz CT molecular complexity index is 921. The van der Waals surface area contributed by atoms with Crippen molar-refractivity contribution >= 4 is 23.3 Å². The number of aromatic amines is 1. The van der Waals surface area contributed by atoms with E-state index in [1.54, 1.807) is 9.25 Å². The summed E-state index contributed by atoms with van der Waals surface area (Å²) in [5.74, 6) is 0. The van der Waals surface area contributed by atoms with E-state index >= 15 is 0 Å². The van der Waals surface area contributed by atoms with Crippen LogP contribution in [-0.2, 0) is 19.5 Å². The normalized spacial score (nSPS) is 11.2. The molecule has 1 N–H and O–H groups in total. The van der Waals surface area contributed by atoms with E-state index in [1.807, 2.05) is 32.0 Å². The van der Waals surface area contributed by atoms with Crippen LogP contribution in [0.1, 0.15) is 18.2 Å². The number of fused-ring (bicyclic) bond motifs is 1. The van der Waals surface area contributed by atoms with Gasteiger partial charge in [-0.25, -0.2) is 0 Å². The maximum Gasteiger partial charge on any atom is 0.280 e. The first-order valence-corrected chi connectivity index (χ1v) is 7.76. The lowest BCUT2D eigenvalue weighted by Gasteiger charge is -2.07. The second kappa shape index (κ2) is 5.88. The van der Waals surface area contributed by atoms with Crippen molar-refractivity contribution in [3.63, 3.8) is 0 Å². The molecule has 1 aromatic carbocycles. The van der Waals surface area contributed by atoms with Crippen LogP contribution in [0.15, 0.2) is 35.1 Å². The lowest BCUT2D eigenvalue weighted by Crippen LogP contribution is -2.25. The Balaban J connectivity index is 2.06. The standard InChI is InChI=1S/C16H18N4OS/c1-3-20-14-13(11(2)18-20)17-16(22)19(15(14)21)10-9-12-7-5-4-6-8-12/h4-8H,3,9-10H2,1-2H3,(H,17,22). The van der Waals surface area contributed by atoms with E-state index in [4.69, 9.17) is 12.2 Å². The number of hydrogen-bond acceptors (Lipinski definition) is 3. The molecule has 0 fully saturated rings. The number of nitrogens with one attached hydrogen (secondary N) is 1. The second-order valence-corrected chi connectivity index (χ2v) is 5.63. The van der Waals surface area contributed by atoms with E-state index in [9.17, 15) is 4.79 Å². The highest BCUT2D eigenvalue weighted by Crippen LogP contribution is 2.12. The number of aryl methyl sites for hydroxylation is 3. The Morgan fingerprint density at radius 3 is 2.68 bits per heavy atom. The van der Waals surface area contributed by atoms with Crippen LogP contribution in [0.2, 0.25) is 0 Å². The van der Waals surface area contributed by atoms with E-state index < -0.39 is 0 Å². The average Bonchev–Trinajstić information content (AvgIpc) is 2.84. The van der Waals surface area contributed by atoms with Crippen LogP contribution in [0.25, 0.3) is 11.0 Å². The van der Waals surface area contributed by atoms with Gasteiger partial charge in [-0.1, -0.05) is 30.3 Å². The summed E-state index contributed by atoms with van der Waals surface area (Å²) in [7, 11) is 0. The van der Waals surface area contributed by atoms with Gasteiger partial charge in [0.15, 0.2) is 10.3 Å². The molecular weight excluding hydrogens is 296 g/mol. The first-order chi connectivity index (χ1) is 10.6. The predicted molar refractivity (Wildman–Crippen MR) is 89.7 cm³/mol. The zero-order chi connectivity index (χ0) is 15.7. The molecule has 0 amide bonds. The molecule has 0 aliphatic heterocycles. The molecule has 22 heavy (non-hydrogen) atoms. The average molecular weight is 314 g/mol. The molecule has 0 atom stereocenters. The fourth-order valence-electron chi connectivity index (χ4n) is 2.66. The lowest BCUT2D eigenvalue weighted by atomic mass is 10.1. The summed E-state index contributed by atoms with van der Waals surface area (Å²) >= 11 is 5.36. The highest BCUT2D eigenvalue weighted by atomic mass is 32.1. The molecule has 0 radical (unpaired) electrons. The second-order valence-electron chi connectivity index (χ2n) is 5.25. The van der Waals surface area contributed by atoms with Crippen molar-refractivity contribution in [2.75, 3.05) is 0 Å². The molecule has 0 saturated heterocycles. The number of H-pyrrole nitrogens is 1. The maximum atomic E-state index is 12.8. The molecule has 2 heterocycles. The summed E-state index contributed by atoms with van der Waals surface area (Å²) in [6.07, 6.45) is 0.767. The van der Waals surface area contributed by atoms with Crippen molar-refractivity contribution in [2.24, 2.45) is 0 Å². The van der Waals surface area contributed by atoms with Crippen LogP contribution in [-0.4, -0.2) is 19.3 Å². The van der Waals surface area contributed by atoms with Gasteiger partial charge in [0, 0.05) is 13.1 Å². The molecule has 3 rings (SSSR count). The van der Waals surface area contributed by atoms with E-state index in [2.05, 4.69) is 22.2 Å². The summed E-state index contributed by atoms with van der Waals surface area (Å²) in [4.78, 5) is 15.9. The third kappa shape index (κ3) is 2.50. The topological polar surface area (TPSA) is 55.6 Å². The highest BCUT2D eigenvalue weighted by Gasteiger charge is 2.13. The third-order valence-corrected chi connectivity index (χ3v) is 4.14. The smallest absolute Gasteiger partial charge is 0.280 e. The molecule has 0 aliphatic rings. The van der Waals surface area contributed by atoms with Gasteiger partial charge in [-0.3, -0.25) is 14.0 Å². The van der Waals surface area contributed by atoms with Crippen molar-refractivity contribution < 1.29 is 0 Å². The Labute approximate surface area is 133 Å². The SMILES string of the molecule is CCn1nc(C)c2[nH]c(=S)n(CCc3ccccc3)c(=O)c21. The maximum absolute atomic E-state index is 12.8. The summed E-state index contributed by atoms with van der Waals surface area (Å²) in [5, 5.41) is 4.40. The fraction of sp³-hybridized carbons (Fsp3) is 0.312. The minimum absolute atomic E-state index is 0.0721. The van der Waals surface area contributed by atoms with Gasteiger partial charge in [0.1, 0.15) is 0 Å². The largest absolute Gasteiger partial charge is 0.329 e. The first kappa shape index (κ1) is 14.7. The zero-order valence-corrected chi connectivity index (χ0v) is 13.5. The van der Waals surface area contributed by atoms with Crippen LogP contribution in [0, 0.1) is 11.7 Å². The quantitative estimate of drug-likeness (QED) is 0.753. The summed E-state index contributed by atoms with van der Waals surface area (Å²) in [6.45, 7) is 5.07. The summed E-state index contributed by atoms with van der Waals surface area (Å²) in [6, 6.07) is 10.1. The molecule has 3 aromatic rings. The molecule has 114 valence electrons. The van der Waals surface area contributed by atoms with E-state index in [0.29, 0.717) is 23.4 Å². The molecule has 5 nitrogen and oxygen atoms in total. The predicted octanol–water partition coefficient (Wildman–Crippen LogP) is 2.83. The van der Waals surface area contributed by atoms with Crippen molar-refractivity contribution in [3.8, 4) is 0 Å². The van der Waals surface area contributed by atoms with Crippen LogP contribution < -0.4 is 5.56 Å². The van der Waals surface area contributed by atoms with Gasteiger partial charge in [0.25, 0.3) is 5.56 Å². The Kier molecular flexibility index (Phi) is 3.94. The van der Waals surface area contributed by atoms with Gasteiger partial charge in [-0.15, -0.1) is 0 Å². The van der Waals surface area contributed by atoms with Gasteiger partial charge in [0.05, 0.1) is 11.2 Å². The molecular formula is C16H18N4OS.